The van der Waals surface area contributed by atoms with Gasteiger partial charge < -0.3 is 9.47 Å². The standard InChI is InChI=1S/C20H21N3O3S2/c1-3-4-13-27-20-23-22-19(28-20)21-18(24)14-5-7-16(8-6-14)26-17-11-9-15(25-2)10-12-17/h5-12H,3-4,13H2,1-2H3,(H,21,22,24). The number of methoxy groups -OCH3 is 1. The highest BCUT2D eigenvalue weighted by atomic mass is 32.2. The second kappa shape index (κ2) is 10.1. The normalized spacial score (nSPS) is 10.5. The molecule has 0 aliphatic carbocycles. The molecule has 0 atom stereocenters. The van der Waals surface area contributed by atoms with Crippen LogP contribution in [-0.4, -0.2) is 29.0 Å². The predicted octanol–water partition coefficient (Wildman–Crippen LogP) is 5.48. The Hall–Kier alpha value is -2.58. The third kappa shape index (κ3) is 5.71. The Morgan fingerprint density at radius 1 is 1.04 bits per heavy atom. The van der Waals surface area contributed by atoms with Crippen molar-refractivity contribution in [3.05, 3.63) is 54.1 Å². The third-order valence-electron chi connectivity index (χ3n) is 3.76. The summed E-state index contributed by atoms with van der Waals surface area (Å²) in [7, 11) is 1.62. The molecule has 3 aromatic rings. The Morgan fingerprint density at radius 3 is 2.32 bits per heavy atom. The third-order valence-corrected chi connectivity index (χ3v) is 5.82. The minimum Gasteiger partial charge on any atom is -0.497 e. The van der Waals surface area contributed by atoms with Crippen LogP contribution in [0.25, 0.3) is 0 Å². The van der Waals surface area contributed by atoms with Crippen molar-refractivity contribution < 1.29 is 14.3 Å². The van der Waals surface area contributed by atoms with Gasteiger partial charge in [0.05, 0.1) is 7.11 Å². The van der Waals surface area contributed by atoms with Gasteiger partial charge in [-0.1, -0.05) is 36.4 Å². The van der Waals surface area contributed by atoms with E-state index in [1.54, 1.807) is 43.1 Å². The maximum atomic E-state index is 12.4. The number of nitrogens with zero attached hydrogens (tertiary/aromatic N) is 2. The molecular weight excluding hydrogens is 394 g/mol. The van der Waals surface area contributed by atoms with Crippen molar-refractivity contribution in [2.24, 2.45) is 0 Å². The summed E-state index contributed by atoms with van der Waals surface area (Å²) >= 11 is 3.05. The average molecular weight is 416 g/mol. The van der Waals surface area contributed by atoms with Crippen molar-refractivity contribution in [2.45, 2.75) is 24.1 Å². The molecule has 1 amide bonds. The number of hydrogen-bond donors (Lipinski definition) is 1. The summed E-state index contributed by atoms with van der Waals surface area (Å²) in [6.45, 7) is 2.15. The van der Waals surface area contributed by atoms with Gasteiger partial charge in [0.2, 0.25) is 5.13 Å². The number of aromatic nitrogens is 2. The van der Waals surface area contributed by atoms with Crippen molar-refractivity contribution in [3.63, 3.8) is 0 Å². The largest absolute Gasteiger partial charge is 0.497 e. The van der Waals surface area contributed by atoms with Crippen molar-refractivity contribution in [2.75, 3.05) is 18.2 Å². The number of carbonyl (C=O) groups is 1. The zero-order chi connectivity index (χ0) is 19.8. The molecule has 0 spiro atoms. The van der Waals surface area contributed by atoms with Crippen LogP contribution in [0.15, 0.2) is 52.9 Å². The summed E-state index contributed by atoms with van der Waals surface area (Å²) < 4.78 is 11.8. The molecule has 0 aliphatic rings. The number of benzene rings is 2. The first-order valence-corrected chi connectivity index (χ1v) is 10.7. The lowest BCUT2D eigenvalue weighted by Gasteiger charge is -2.07. The Balaban J connectivity index is 1.55. The molecule has 0 fully saturated rings. The van der Waals surface area contributed by atoms with Gasteiger partial charge in [-0.15, -0.1) is 10.2 Å². The molecule has 1 N–H and O–H groups in total. The van der Waals surface area contributed by atoms with Gasteiger partial charge in [0.1, 0.15) is 17.2 Å². The lowest BCUT2D eigenvalue weighted by Crippen LogP contribution is -2.11. The summed E-state index contributed by atoms with van der Waals surface area (Å²) in [5.74, 6) is 2.89. The highest BCUT2D eigenvalue weighted by Crippen LogP contribution is 2.27. The van der Waals surface area contributed by atoms with E-state index in [1.807, 2.05) is 24.3 Å². The van der Waals surface area contributed by atoms with Gasteiger partial charge in [0.25, 0.3) is 5.91 Å². The van der Waals surface area contributed by atoms with Crippen molar-refractivity contribution >= 4 is 34.1 Å². The lowest BCUT2D eigenvalue weighted by molar-refractivity contribution is 0.102. The molecule has 0 aliphatic heterocycles. The molecule has 0 bridgehead atoms. The van der Waals surface area contributed by atoms with Crippen LogP contribution in [0.4, 0.5) is 5.13 Å². The summed E-state index contributed by atoms with van der Waals surface area (Å²) in [6.07, 6.45) is 2.28. The molecule has 1 heterocycles. The van der Waals surface area contributed by atoms with Crippen LogP contribution in [0.5, 0.6) is 17.2 Å². The number of anilines is 1. The van der Waals surface area contributed by atoms with Gasteiger partial charge in [0, 0.05) is 11.3 Å². The number of carbonyl (C=O) groups excluding carboxylic acids is 1. The topological polar surface area (TPSA) is 73.3 Å². The highest BCUT2D eigenvalue weighted by molar-refractivity contribution is 8.01. The first kappa shape index (κ1) is 20.2. The Kier molecular flexibility index (Phi) is 7.27. The maximum absolute atomic E-state index is 12.4. The van der Waals surface area contributed by atoms with Crippen LogP contribution in [0.3, 0.4) is 0 Å². The van der Waals surface area contributed by atoms with E-state index in [4.69, 9.17) is 9.47 Å². The Bertz CT molecular complexity index is 896. The molecule has 0 saturated heterocycles. The van der Waals surface area contributed by atoms with Crippen molar-refractivity contribution in [3.8, 4) is 17.2 Å². The molecular formula is C20H21N3O3S2. The fourth-order valence-electron chi connectivity index (χ4n) is 2.25. The van der Waals surface area contributed by atoms with Crippen molar-refractivity contribution in [1.29, 1.82) is 0 Å². The van der Waals surface area contributed by atoms with Gasteiger partial charge in [-0.3, -0.25) is 10.1 Å². The van der Waals surface area contributed by atoms with E-state index in [2.05, 4.69) is 22.4 Å². The molecule has 3 rings (SSSR count). The molecule has 0 saturated carbocycles. The minimum absolute atomic E-state index is 0.225. The summed E-state index contributed by atoms with van der Waals surface area (Å²) in [6, 6.07) is 14.2. The minimum atomic E-state index is -0.225. The zero-order valence-corrected chi connectivity index (χ0v) is 17.3. The van der Waals surface area contributed by atoms with Crippen LogP contribution in [-0.2, 0) is 0 Å². The molecule has 0 unspecified atom stereocenters. The molecule has 2 aromatic carbocycles. The van der Waals surface area contributed by atoms with Gasteiger partial charge in [0.15, 0.2) is 4.34 Å². The predicted molar refractivity (Wildman–Crippen MR) is 113 cm³/mol. The smallest absolute Gasteiger partial charge is 0.257 e. The van der Waals surface area contributed by atoms with E-state index in [9.17, 15) is 4.79 Å². The van der Waals surface area contributed by atoms with Crippen LogP contribution in [0.1, 0.15) is 30.1 Å². The molecule has 8 heteroatoms. The SMILES string of the molecule is CCCCSc1nnc(NC(=O)c2ccc(Oc3ccc(OC)cc3)cc2)s1. The molecule has 0 radical (unpaired) electrons. The lowest BCUT2D eigenvalue weighted by atomic mass is 10.2. The quantitative estimate of drug-likeness (QED) is 0.283. The monoisotopic (exact) mass is 415 g/mol. The van der Waals surface area contributed by atoms with Gasteiger partial charge >= 0.3 is 0 Å². The van der Waals surface area contributed by atoms with Crippen LogP contribution in [0, 0.1) is 0 Å². The maximum Gasteiger partial charge on any atom is 0.257 e. The van der Waals surface area contributed by atoms with Crippen LogP contribution in [0.2, 0.25) is 0 Å². The second-order valence-corrected chi connectivity index (χ2v) is 8.15. The molecule has 146 valence electrons. The average Bonchev–Trinajstić information content (AvgIpc) is 3.16. The van der Waals surface area contributed by atoms with E-state index in [1.165, 1.54) is 11.3 Å². The van der Waals surface area contributed by atoms with E-state index >= 15 is 0 Å². The number of nitrogens with one attached hydrogen (secondary N) is 1. The summed E-state index contributed by atoms with van der Waals surface area (Å²) in [5.41, 5.74) is 0.525. The van der Waals surface area contributed by atoms with E-state index in [0.29, 0.717) is 22.2 Å². The van der Waals surface area contributed by atoms with E-state index in [-0.39, 0.29) is 5.91 Å². The highest BCUT2D eigenvalue weighted by Gasteiger charge is 2.11. The zero-order valence-electron chi connectivity index (χ0n) is 15.7. The number of ether oxygens (including phenoxy) is 2. The van der Waals surface area contributed by atoms with Gasteiger partial charge in [-0.2, -0.15) is 0 Å². The molecule has 1 aromatic heterocycles. The van der Waals surface area contributed by atoms with E-state index in [0.717, 1.165) is 28.7 Å². The summed E-state index contributed by atoms with van der Waals surface area (Å²) in [4.78, 5) is 12.4. The number of thioether (sulfide) groups is 1. The van der Waals surface area contributed by atoms with Crippen LogP contribution < -0.4 is 14.8 Å². The number of rotatable bonds is 9. The Morgan fingerprint density at radius 2 is 1.68 bits per heavy atom. The molecule has 6 nitrogen and oxygen atoms in total. The van der Waals surface area contributed by atoms with Crippen LogP contribution >= 0.6 is 23.1 Å². The fraction of sp³-hybridized carbons (Fsp3) is 0.250. The first-order valence-electron chi connectivity index (χ1n) is 8.87. The number of amides is 1. The number of hydrogen-bond acceptors (Lipinski definition) is 7. The van der Waals surface area contributed by atoms with Gasteiger partial charge in [-0.05, 0) is 55.0 Å². The number of unbranched alkanes of at least 4 members (excludes halogenated alkanes) is 1. The summed E-state index contributed by atoms with van der Waals surface area (Å²) in [5, 5.41) is 11.4. The fourth-order valence-corrected chi connectivity index (χ4v) is 4.15. The second-order valence-electron chi connectivity index (χ2n) is 5.83. The van der Waals surface area contributed by atoms with Crippen molar-refractivity contribution in [1.82, 2.24) is 10.2 Å². The molecule has 28 heavy (non-hydrogen) atoms. The van der Waals surface area contributed by atoms with E-state index < -0.39 is 0 Å². The first-order chi connectivity index (χ1) is 13.7. The van der Waals surface area contributed by atoms with Gasteiger partial charge in [-0.25, -0.2) is 0 Å². The Labute approximate surface area is 172 Å².